The average molecular weight is 273 g/mol. The van der Waals surface area contributed by atoms with Crippen molar-refractivity contribution in [2.45, 2.75) is 6.04 Å². The minimum absolute atomic E-state index is 0.0405. The minimum Gasteiger partial charge on any atom is -0.325 e. The highest BCUT2D eigenvalue weighted by molar-refractivity contribution is 7.99. The van der Waals surface area contributed by atoms with E-state index in [4.69, 9.17) is 0 Å². The molecule has 0 saturated carbocycles. The molecule has 0 radical (unpaired) electrons. The largest absolute Gasteiger partial charge is 0.325 e. The van der Waals surface area contributed by atoms with Crippen LogP contribution in [0.4, 0.5) is 5.69 Å². The van der Waals surface area contributed by atoms with Gasteiger partial charge in [-0.25, -0.2) is 0 Å². The zero-order valence-corrected chi connectivity index (χ0v) is 11.2. The van der Waals surface area contributed by atoms with Crippen LogP contribution < -0.4 is 10.6 Å². The first-order chi connectivity index (χ1) is 9.33. The molecule has 4 nitrogen and oxygen atoms in total. The second-order valence-corrected chi connectivity index (χ2v) is 5.43. The van der Waals surface area contributed by atoms with E-state index in [1.807, 2.05) is 53.4 Å². The molecular weight excluding hydrogens is 258 g/mol. The van der Waals surface area contributed by atoms with Gasteiger partial charge in [0.15, 0.2) is 0 Å². The van der Waals surface area contributed by atoms with Crippen molar-refractivity contribution in [1.29, 1.82) is 0 Å². The Labute approximate surface area is 116 Å². The van der Waals surface area contributed by atoms with E-state index in [1.165, 1.54) is 0 Å². The van der Waals surface area contributed by atoms with Crippen LogP contribution in [0.1, 0.15) is 0 Å². The zero-order chi connectivity index (χ0) is 13.1. The van der Waals surface area contributed by atoms with E-state index in [0.29, 0.717) is 0 Å². The molecule has 1 unspecified atom stereocenters. The smallest absolute Gasteiger partial charge is 0.242 e. The summed E-state index contributed by atoms with van der Waals surface area (Å²) in [5, 5.41) is 6.09. The number of aromatic nitrogens is 1. The first-order valence-electron chi connectivity index (χ1n) is 6.18. The number of thioether (sulfide) groups is 1. The van der Waals surface area contributed by atoms with Gasteiger partial charge in [-0.2, -0.15) is 0 Å². The number of hydrogen-bond donors (Lipinski definition) is 2. The lowest BCUT2D eigenvalue weighted by atomic mass is 10.2. The summed E-state index contributed by atoms with van der Waals surface area (Å²) >= 11 is 1.75. The monoisotopic (exact) mass is 273 g/mol. The molecule has 98 valence electrons. The maximum Gasteiger partial charge on any atom is 0.242 e. The van der Waals surface area contributed by atoms with E-state index < -0.39 is 0 Å². The van der Waals surface area contributed by atoms with Gasteiger partial charge in [0.25, 0.3) is 0 Å². The quantitative estimate of drug-likeness (QED) is 0.900. The van der Waals surface area contributed by atoms with Crippen molar-refractivity contribution in [1.82, 2.24) is 9.88 Å². The van der Waals surface area contributed by atoms with Crippen LogP contribution >= 0.6 is 11.8 Å². The van der Waals surface area contributed by atoms with E-state index in [9.17, 15) is 4.79 Å². The van der Waals surface area contributed by atoms with Crippen molar-refractivity contribution in [3.8, 4) is 5.69 Å². The number of carbonyl (C=O) groups excluding carboxylic acids is 1. The number of benzene rings is 1. The van der Waals surface area contributed by atoms with Crippen LogP contribution in [0.25, 0.3) is 5.69 Å². The maximum absolute atomic E-state index is 11.9. The number of hydrogen-bond acceptors (Lipinski definition) is 3. The van der Waals surface area contributed by atoms with Crippen molar-refractivity contribution >= 4 is 23.4 Å². The SMILES string of the molecule is O=C(Nc1ccc(-n2cccc2)cc1)C1CSCN1. The van der Waals surface area contributed by atoms with Gasteiger partial charge < -0.3 is 9.88 Å². The lowest BCUT2D eigenvalue weighted by Crippen LogP contribution is -2.37. The van der Waals surface area contributed by atoms with Crippen LogP contribution in [0.15, 0.2) is 48.8 Å². The van der Waals surface area contributed by atoms with Gasteiger partial charge in [-0.15, -0.1) is 11.8 Å². The van der Waals surface area contributed by atoms with Gasteiger partial charge in [0.1, 0.15) is 0 Å². The summed E-state index contributed by atoms with van der Waals surface area (Å²) in [5.41, 5.74) is 1.91. The molecule has 2 aromatic rings. The molecule has 3 rings (SSSR count). The molecule has 1 fully saturated rings. The second-order valence-electron chi connectivity index (χ2n) is 4.40. The number of carbonyl (C=O) groups is 1. The highest BCUT2D eigenvalue weighted by Crippen LogP contribution is 2.15. The average Bonchev–Trinajstić information content (AvgIpc) is 3.13. The Balaban J connectivity index is 1.67. The van der Waals surface area contributed by atoms with E-state index >= 15 is 0 Å². The fourth-order valence-corrected chi connectivity index (χ4v) is 2.96. The summed E-state index contributed by atoms with van der Waals surface area (Å²) in [6, 6.07) is 11.7. The van der Waals surface area contributed by atoms with E-state index in [-0.39, 0.29) is 11.9 Å². The van der Waals surface area contributed by atoms with Crippen LogP contribution in [0.5, 0.6) is 0 Å². The van der Waals surface area contributed by atoms with Gasteiger partial charge in [0.2, 0.25) is 5.91 Å². The standard InChI is InChI=1S/C14H15N3OS/c18-14(13-9-19-10-15-13)16-11-3-5-12(6-4-11)17-7-1-2-8-17/h1-8,13,15H,9-10H2,(H,16,18). The Morgan fingerprint density at radius 1 is 1.26 bits per heavy atom. The van der Waals surface area contributed by atoms with Gasteiger partial charge in [-0.1, -0.05) is 0 Å². The molecule has 0 aliphatic carbocycles. The molecule has 2 N–H and O–H groups in total. The molecule has 1 aromatic carbocycles. The Bertz CT molecular complexity index is 545. The van der Waals surface area contributed by atoms with Crippen LogP contribution in [0.2, 0.25) is 0 Å². The number of anilines is 1. The third kappa shape index (κ3) is 2.83. The second kappa shape index (κ2) is 5.50. The summed E-state index contributed by atoms with van der Waals surface area (Å²) in [7, 11) is 0. The number of nitrogens with one attached hydrogen (secondary N) is 2. The summed E-state index contributed by atoms with van der Waals surface area (Å²) < 4.78 is 2.03. The zero-order valence-electron chi connectivity index (χ0n) is 10.4. The molecule has 1 amide bonds. The molecule has 1 saturated heterocycles. The summed E-state index contributed by atoms with van der Waals surface area (Å²) in [6.45, 7) is 0. The van der Waals surface area contributed by atoms with Crippen molar-refractivity contribution in [3.63, 3.8) is 0 Å². The van der Waals surface area contributed by atoms with Crippen molar-refractivity contribution < 1.29 is 4.79 Å². The molecule has 2 heterocycles. The number of amides is 1. The normalized spacial score (nSPS) is 18.4. The minimum atomic E-state index is -0.0749. The molecule has 1 aromatic heterocycles. The van der Waals surface area contributed by atoms with Crippen LogP contribution in [-0.4, -0.2) is 28.1 Å². The molecule has 1 aliphatic heterocycles. The molecule has 0 bridgehead atoms. The third-order valence-electron chi connectivity index (χ3n) is 3.07. The van der Waals surface area contributed by atoms with E-state index in [2.05, 4.69) is 10.6 Å². The van der Waals surface area contributed by atoms with E-state index in [0.717, 1.165) is 23.0 Å². The number of nitrogens with zero attached hydrogens (tertiary/aromatic N) is 1. The Morgan fingerprint density at radius 3 is 2.63 bits per heavy atom. The Kier molecular flexibility index (Phi) is 3.57. The maximum atomic E-state index is 11.9. The van der Waals surface area contributed by atoms with Crippen molar-refractivity contribution in [3.05, 3.63) is 48.8 Å². The third-order valence-corrected chi connectivity index (χ3v) is 4.01. The molecule has 1 atom stereocenters. The summed E-state index contributed by atoms with van der Waals surface area (Å²) in [4.78, 5) is 11.9. The predicted octanol–water partition coefficient (Wildman–Crippen LogP) is 2.08. The van der Waals surface area contributed by atoms with Gasteiger partial charge in [-0.3, -0.25) is 10.1 Å². The Morgan fingerprint density at radius 2 is 2.00 bits per heavy atom. The molecule has 1 aliphatic rings. The fourth-order valence-electron chi connectivity index (χ4n) is 2.02. The lowest BCUT2D eigenvalue weighted by Gasteiger charge is -2.11. The topological polar surface area (TPSA) is 46.1 Å². The van der Waals surface area contributed by atoms with Gasteiger partial charge in [0, 0.05) is 35.4 Å². The molecule has 5 heteroatoms. The first-order valence-corrected chi connectivity index (χ1v) is 7.34. The van der Waals surface area contributed by atoms with Gasteiger partial charge >= 0.3 is 0 Å². The van der Waals surface area contributed by atoms with Crippen LogP contribution in [0.3, 0.4) is 0 Å². The summed E-state index contributed by atoms with van der Waals surface area (Å²) in [6.07, 6.45) is 3.99. The summed E-state index contributed by atoms with van der Waals surface area (Å²) in [5.74, 6) is 1.73. The van der Waals surface area contributed by atoms with Gasteiger partial charge in [0.05, 0.1) is 6.04 Å². The predicted molar refractivity (Wildman–Crippen MR) is 78.6 cm³/mol. The molecular formula is C14H15N3OS. The van der Waals surface area contributed by atoms with Crippen molar-refractivity contribution in [2.24, 2.45) is 0 Å². The van der Waals surface area contributed by atoms with Crippen molar-refractivity contribution in [2.75, 3.05) is 16.9 Å². The van der Waals surface area contributed by atoms with Crippen LogP contribution in [-0.2, 0) is 4.79 Å². The lowest BCUT2D eigenvalue weighted by molar-refractivity contribution is -0.117. The highest BCUT2D eigenvalue weighted by Gasteiger charge is 2.22. The van der Waals surface area contributed by atoms with E-state index in [1.54, 1.807) is 11.8 Å². The fraction of sp³-hybridized carbons (Fsp3) is 0.214. The molecule has 0 spiro atoms. The number of rotatable bonds is 3. The van der Waals surface area contributed by atoms with Gasteiger partial charge in [-0.05, 0) is 36.4 Å². The first kappa shape index (κ1) is 12.3. The highest BCUT2D eigenvalue weighted by atomic mass is 32.2. The molecule has 19 heavy (non-hydrogen) atoms. The Hall–Kier alpha value is -1.72. The van der Waals surface area contributed by atoms with Crippen LogP contribution in [0, 0.1) is 0 Å².